The van der Waals surface area contributed by atoms with Gasteiger partial charge >= 0.3 is 0 Å². The Labute approximate surface area is 107 Å². The van der Waals surface area contributed by atoms with Crippen LogP contribution in [0.5, 0.6) is 0 Å². The number of hydrogen-bond acceptors (Lipinski definition) is 3. The Kier molecular flexibility index (Phi) is 3.15. The Hall–Kier alpha value is -1.62. The second kappa shape index (κ2) is 4.94. The van der Waals surface area contributed by atoms with Crippen LogP contribution >= 0.6 is 0 Å². The molecule has 96 valence electrons. The quantitative estimate of drug-likeness (QED) is 0.886. The third-order valence-electron chi connectivity index (χ3n) is 3.57. The van der Waals surface area contributed by atoms with E-state index in [0.717, 1.165) is 30.9 Å². The first-order valence-electron chi connectivity index (χ1n) is 6.53. The first kappa shape index (κ1) is 11.5. The van der Waals surface area contributed by atoms with Gasteiger partial charge in [-0.3, -0.25) is 4.68 Å². The molecule has 5 nitrogen and oxygen atoms in total. The lowest BCUT2D eigenvalue weighted by Gasteiger charge is -2.23. The minimum Gasteiger partial charge on any atom is -0.330 e. The van der Waals surface area contributed by atoms with Crippen molar-refractivity contribution in [3.05, 3.63) is 24.9 Å². The first-order valence-corrected chi connectivity index (χ1v) is 6.53. The van der Waals surface area contributed by atoms with Gasteiger partial charge in [0.05, 0.1) is 24.4 Å². The molecule has 3 heterocycles. The van der Waals surface area contributed by atoms with Crippen molar-refractivity contribution >= 4 is 0 Å². The van der Waals surface area contributed by atoms with Crippen molar-refractivity contribution in [2.45, 2.75) is 19.4 Å². The molecule has 2 aromatic heterocycles. The standard InChI is InChI=1S/C13H19N5/c1-17-9-12(6-16-17)13-7-15-10-18(13)8-11-3-2-4-14-5-11/h6-7,9-11,14H,2-5,8H2,1H3. The zero-order valence-corrected chi connectivity index (χ0v) is 10.7. The molecule has 0 aliphatic carbocycles. The van der Waals surface area contributed by atoms with E-state index in [1.165, 1.54) is 12.8 Å². The highest BCUT2D eigenvalue weighted by molar-refractivity contribution is 5.56. The van der Waals surface area contributed by atoms with Gasteiger partial charge in [0.1, 0.15) is 0 Å². The van der Waals surface area contributed by atoms with Gasteiger partial charge in [-0.25, -0.2) is 4.98 Å². The molecule has 1 saturated heterocycles. The summed E-state index contributed by atoms with van der Waals surface area (Å²) in [4.78, 5) is 4.28. The molecule has 0 spiro atoms. The zero-order valence-electron chi connectivity index (χ0n) is 10.7. The van der Waals surface area contributed by atoms with Crippen molar-refractivity contribution in [2.75, 3.05) is 13.1 Å². The predicted molar refractivity (Wildman–Crippen MR) is 70.0 cm³/mol. The predicted octanol–water partition coefficient (Wildman–Crippen LogP) is 1.28. The maximum atomic E-state index is 4.28. The monoisotopic (exact) mass is 245 g/mol. The van der Waals surface area contributed by atoms with Crippen LogP contribution < -0.4 is 5.32 Å². The van der Waals surface area contributed by atoms with Crippen LogP contribution in [0.2, 0.25) is 0 Å². The molecule has 0 radical (unpaired) electrons. The van der Waals surface area contributed by atoms with E-state index in [2.05, 4.69) is 20.0 Å². The Morgan fingerprint density at radius 3 is 3.11 bits per heavy atom. The molecule has 1 atom stereocenters. The molecule has 0 saturated carbocycles. The third-order valence-corrected chi connectivity index (χ3v) is 3.57. The fourth-order valence-electron chi connectivity index (χ4n) is 2.62. The highest BCUT2D eigenvalue weighted by Crippen LogP contribution is 2.21. The summed E-state index contributed by atoms with van der Waals surface area (Å²) in [5.74, 6) is 0.711. The van der Waals surface area contributed by atoms with Gasteiger partial charge in [-0.2, -0.15) is 5.10 Å². The number of imidazole rings is 1. The largest absolute Gasteiger partial charge is 0.330 e. The van der Waals surface area contributed by atoms with Gasteiger partial charge in [-0.05, 0) is 31.8 Å². The molecule has 18 heavy (non-hydrogen) atoms. The molecular weight excluding hydrogens is 226 g/mol. The fraction of sp³-hybridized carbons (Fsp3) is 0.538. The summed E-state index contributed by atoms with van der Waals surface area (Å²) in [6.45, 7) is 3.32. The summed E-state index contributed by atoms with van der Waals surface area (Å²) >= 11 is 0. The van der Waals surface area contributed by atoms with Crippen molar-refractivity contribution in [3.63, 3.8) is 0 Å². The SMILES string of the molecule is Cn1cc(-c2cncn2CC2CCCNC2)cn1. The van der Waals surface area contributed by atoms with Crippen molar-refractivity contribution in [3.8, 4) is 11.3 Å². The lowest BCUT2D eigenvalue weighted by atomic mass is 9.99. The number of nitrogens with one attached hydrogen (secondary N) is 1. The molecule has 5 heteroatoms. The molecule has 1 unspecified atom stereocenters. The highest BCUT2D eigenvalue weighted by Gasteiger charge is 2.15. The summed E-state index contributed by atoms with van der Waals surface area (Å²) < 4.78 is 4.07. The van der Waals surface area contributed by atoms with E-state index in [1.807, 2.05) is 36.6 Å². The maximum Gasteiger partial charge on any atom is 0.0951 e. The van der Waals surface area contributed by atoms with E-state index in [-0.39, 0.29) is 0 Å². The molecule has 1 aliphatic rings. The smallest absolute Gasteiger partial charge is 0.0951 e. The number of aromatic nitrogens is 4. The molecule has 2 aromatic rings. The molecule has 0 aromatic carbocycles. The zero-order chi connectivity index (χ0) is 12.4. The minimum atomic E-state index is 0.711. The molecule has 3 rings (SSSR count). The Bertz CT molecular complexity index is 507. The van der Waals surface area contributed by atoms with Gasteiger partial charge in [-0.15, -0.1) is 0 Å². The van der Waals surface area contributed by atoms with Crippen LogP contribution in [0, 0.1) is 5.92 Å². The number of aryl methyl sites for hydroxylation is 1. The number of rotatable bonds is 3. The molecule has 1 N–H and O–H groups in total. The molecule has 0 bridgehead atoms. The van der Waals surface area contributed by atoms with Crippen molar-refractivity contribution in [2.24, 2.45) is 13.0 Å². The van der Waals surface area contributed by atoms with Crippen LogP contribution in [-0.2, 0) is 13.6 Å². The number of hydrogen-bond donors (Lipinski definition) is 1. The van der Waals surface area contributed by atoms with E-state index in [9.17, 15) is 0 Å². The molecular formula is C13H19N5. The lowest BCUT2D eigenvalue weighted by molar-refractivity contribution is 0.338. The van der Waals surface area contributed by atoms with E-state index in [1.54, 1.807) is 0 Å². The second-order valence-corrected chi connectivity index (χ2v) is 5.05. The van der Waals surface area contributed by atoms with Gasteiger partial charge in [0, 0.05) is 25.4 Å². The van der Waals surface area contributed by atoms with E-state index >= 15 is 0 Å². The average molecular weight is 245 g/mol. The second-order valence-electron chi connectivity index (χ2n) is 5.05. The maximum absolute atomic E-state index is 4.28. The minimum absolute atomic E-state index is 0.711. The summed E-state index contributed by atoms with van der Waals surface area (Å²) in [5, 5.41) is 7.68. The van der Waals surface area contributed by atoms with Crippen molar-refractivity contribution < 1.29 is 0 Å². The van der Waals surface area contributed by atoms with Gasteiger partial charge < -0.3 is 9.88 Å². The Morgan fingerprint density at radius 2 is 2.39 bits per heavy atom. The van der Waals surface area contributed by atoms with Gasteiger partial charge in [0.15, 0.2) is 0 Å². The van der Waals surface area contributed by atoms with Gasteiger partial charge in [-0.1, -0.05) is 0 Å². The fourth-order valence-corrected chi connectivity index (χ4v) is 2.62. The van der Waals surface area contributed by atoms with Gasteiger partial charge in [0.2, 0.25) is 0 Å². The van der Waals surface area contributed by atoms with Gasteiger partial charge in [0.25, 0.3) is 0 Å². The normalized spacial score (nSPS) is 20.2. The topological polar surface area (TPSA) is 47.7 Å². The van der Waals surface area contributed by atoms with Crippen molar-refractivity contribution in [1.82, 2.24) is 24.6 Å². The van der Waals surface area contributed by atoms with E-state index < -0.39 is 0 Å². The van der Waals surface area contributed by atoms with Crippen LogP contribution in [0.15, 0.2) is 24.9 Å². The summed E-state index contributed by atoms with van der Waals surface area (Å²) in [5.41, 5.74) is 2.30. The van der Waals surface area contributed by atoms with E-state index in [0.29, 0.717) is 5.92 Å². The van der Waals surface area contributed by atoms with Crippen LogP contribution in [-0.4, -0.2) is 32.4 Å². The Morgan fingerprint density at radius 1 is 1.44 bits per heavy atom. The van der Waals surface area contributed by atoms with Crippen LogP contribution in [0.4, 0.5) is 0 Å². The third kappa shape index (κ3) is 2.31. The van der Waals surface area contributed by atoms with E-state index in [4.69, 9.17) is 0 Å². The lowest BCUT2D eigenvalue weighted by Crippen LogP contribution is -2.32. The number of nitrogens with zero attached hydrogens (tertiary/aromatic N) is 4. The summed E-state index contributed by atoms with van der Waals surface area (Å²) in [6.07, 6.45) is 10.4. The number of piperidine rings is 1. The van der Waals surface area contributed by atoms with Crippen molar-refractivity contribution in [1.29, 1.82) is 0 Å². The molecule has 1 fully saturated rings. The van der Waals surface area contributed by atoms with Crippen LogP contribution in [0.1, 0.15) is 12.8 Å². The Balaban J connectivity index is 1.78. The highest BCUT2D eigenvalue weighted by atomic mass is 15.2. The summed E-state index contributed by atoms with van der Waals surface area (Å²) in [7, 11) is 1.94. The average Bonchev–Trinajstić information content (AvgIpc) is 2.99. The van der Waals surface area contributed by atoms with Crippen LogP contribution in [0.3, 0.4) is 0 Å². The first-order chi connectivity index (χ1) is 8.83. The summed E-state index contributed by atoms with van der Waals surface area (Å²) in [6, 6.07) is 0. The molecule has 1 aliphatic heterocycles. The van der Waals surface area contributed by atoms with Crippen LogP contribution in [0.25, 0.3) is 11.3 Å². The molecule has 0 amide bonds.